The molecule has 4 nitrogen and oxygen atoms in total. The van der Waals surface area contributed by atoms with Crippen molar-refractivity contribution < 1.29 is 9.53 Å². The van der Waals surface area contributed by atoms with E-state index in [1.807, 2.05) is 13.8 Å². The lowest BCUT2D eigenvalue weighted by molar-refractivity contribution is -0.124. The highest BCUT2D eigenvalue weighted by Crippen LogP contribution is 2.07. The van der Waals surface area contributed by atoms with E-state index in [0.717, 1.165) is 26.1 Å². The summed E-state index contributed by atoms with van der Waals surface area (Å²) in [5, 5.41) is 2.96. The van der Waals surface area contributed by atoms with Gasteiger partial charge in [0.1, 0.15) is 0 Å². The topological polar surface area (TPSA) is 64.4 Å². The van der Waals surface area contributed by atoms with Gasteiger partial charge in [-0.1, -0.05) is 13.8 Å². The molecule has 0 aromatic rings. The molecule has 1 heterocycles. The van der Waals surface area contributed by atoms with Crippen molar-refractivity contribution in [1.82, 2.24) is 5.32 Å². The number of nitrogens with one attached hydrogen (secondary N) is 1. The van der Waals surface area contributed by atoms with Gasteiger partial charge in [0.05, 0.1) is 6.04 Å². The van der Waals surface area contributed by atoms with Crippen LogP contribution in [0.25, 0.3) is 0 Å². The molecule has 0 aromatic heterocycles. The molecule has 1 unspecified atom stereocenters. The summed E-state index contributed by atoms with van der Waals surface area (Å²) in [6.07, 6.45) is 1.80. The first-order valence-electron chi connectivity index (χ1n) is 5.25. The van der Waals surface area contributed by atoms with E-state index in [9.17, 15) is 4.79 Å². The zero-order valence-corrected chi connectivity index (χ0v) is 10.2. The van der Waals surface area contributed by atoms with Crippen molar-refractivity contribution in [3.8, 4) is 0 Å². The molecule has 1 amide bonds. The molecule has 0 aromatic carbocycles. The second-order valence-electron chi connectivity index (χ2n) is 4.17. The molecule has 1 aliphatic rings. The summed E-state index contributed by atoms with van der Waals surface area (Å²) in [7, 11) is 0. The smallest absolute Gasteiger partial charge is 0.237 e. The Balaban J connectivity index is 0.00000196. The van der Waals surface area contributed by atoms with Crippen LogP contribution in [0.3, 0.4) is 0 Å². The van der Waals surface area contributed by atoms with Gasteiger partial charge in [0, 0.05) is 19.3 Å². The lowest BCUT2D eigenvalue weighted by Crippen LogP contribution is -2.49. The Morgan fingerprint density at radius 2 is 1.93 bits per heavy atom. The molecule has 5 heteroatoms. The summed E-state index contributed by atoms with van der Waals surface area (Å²) in [6.45, 7) is 5.38. The van der Waals surface area contributed by atoms with Crippen molar-refractivity contribution in [2.24, 2.45) is 11.7 Å². The molecule has 1 aliphatic heterocycles. The second kappa shape index (κ2) is 7.04. The predicted octanol–water partition coefficient (Wildman–Crippen LogP) is 0.687. The van der Waals surface area contributed by atoms with Crippen LogP contribution in [-0.2, 0) is 9.53 Å². The Labute approximate surface area is 97.3 Å². The van der Waals surface area contributed by atoms with E-state index < -0.39 is 6.04 Å². The molecule has 1 saturated heterocycles. The number of rotatable bonds is 3. The number of amides is 1. The van der Waals surface area contributed by atoms with E-state index in [1.165, 1.54) is 0 Å². The van der Waals surface area contributed by atoms with Crippen LogP contribution in [0.5, 0.6) is 0 Å². The zero-order chi connectivity index (χ0) is 10.6. The SMILES string of the molecule is CC(C)C(N)C(=O)NC1CCOCC1.Cl. The van der Waals surface area contributed by atoms with Crippen LogP contribution in [0.4, 0.5) is 0 Å². The van der Waals surface area contributed by atoms with Crippen molar-refractivity contribution in [2.75, 3.05) is 13.2 Å². The van der Waals surface area contributed by atoms with Gasteiger partial charge in [0.2, 0.25) is 5.91 Å². The molecule has 90 valence electrons. The Bertz CT molecular complexity index is 194. The minimum atomic E-state index is -0.391. The third-order valence-corrected chi connectivity index (χ3v) is 2.59. The van der Waals surface area contributed by atoms with Crippen molar-refractivity contribution in [2.45, 2.75) is 38.8 Å². The highest BCUT2D eigenvalue weighted by atomic mass is 35.5. The molecular formula is C10H21ClN2O2. The Morgan fingerprint density at radius 3 is 2.40 bits per heavy atom. The summed E-state index contributed by atoms with van der Waals surface area (Å²) in [5.74, 6) is 0.154. The second-order valence-corrected chi connectivity index (χ2v) is 4.17. The lowest BCUT2D eigenvalue weighted by atomic mass is 10.0. The molecule has 1 fully saturated rings. The van der Waals surface area contributed by atoms with E-state index in [4.69, 9.17) is 10.5 Å². The van der Waals surface area contributed by atoms with Crippen LogP contribution in [0.1, 0.15) is 26.7 Å². The lowest BCUT2D eigenvalue weighted by Gasteiger charge is -2.25. The summed E-state index contributed by atoms with van der Waals surface area (Å²) >= 11 is 0. The van der Waals surface area contributed by atoms with Crippen LogP contribution in [0.2, 0.25) is 0 Å². The average Bonchev–Trinajstić information content (AvgIpc) is 2.18. The predicted molar refractivity (Wildman–Crippen MR) is 62.0 cm³/mol. The summed E-state index contributed by atoms with van der Waals surface area (Å²) in [6, 6.07) is -0.140. The fourth-order valence-corrected chi connectivity index (χ4v) is 1.44. The quantitative estimate of drug-likeness (QED) is 0.758. The van der Waals surface area contributed by atoms with Crippen molar-refractivity contribution in [3.05, 3.63) is 0 Å². The number of nitrogens with two attached hydrogens (primary N) is 1. The molecule has 3 N–H and O–H groups in total. The molecule has 15 heavy (non-hydrogen) atoms. The summed E-state index contributed by atoms with van der Waals surface area (Å²) in [4.78, 5) is 11.6. The van der Waals surface area contributed by atoms with Crippen LogP contribution < -0.4 is 11.1 Å². The number of carbonyl (C=O) groups excluding carboxylic acids is 1. The minimum absolute atomic E-state index is 0. The van der Waals surface area contributed by atoms with Gasteiger partial charge in [-0.2, -0.15) is 0 Å². The summed E-state index contributed by atoms with van der Waals surface area (Å²) < 4.78 is 5.21. The molecule has 0 bridgehead atoms. The Kier molecular flexibility index (Phi) is 6.89. The molecule has 0 radical (unpaired) electrons. The highest BCUT2D eigenvalue weighted by molar-refractivity contribution is 5.85. The minimum Gasteiger partial charge on any atom is -0.381 e. The van der Waals surface area contributed by atoms with E-state index in [1.54, 1.807) is 0 Å². The van der Waals surface area contributed by atoms with Crippen LogP contribution in [0, 0.1) is 5.92 Å². The average molecular weight is 237 g/mol. The van der Waals surface area contributed by atoms with Gasteiger partial charge in [-0.25, -0.2) is 0 Å². The van der Waals surface area contributed by atoms with Crippen molar-refractivity contribution in [3.63, 3.8) is 0 Å². The largest absolute Gasteiger partial charge is 0.381 e. The zero-order valence-electron chi connectivity index (χ0n) is 9.36. The third-order valence-electron chi connectivity index (χ3n) is 2.59. The van der Waals surface area contributed by atoms with E-state index >= 15 is 0 Å². The summed E-state index contributed by atoms with van der Waals surface area (Å²) in [5.41, 5.74) is 5.73. The van der Waals surface area contributed by atoms with Crippen LogP contribution in [-0.4, -0.2) is 31.2 Å². The maximum absolute atomic E-state index is 11.6. The van der Waals surface area contributed by atoms with Crippen molar-refractivity contribution >= 4 is 18.3 Å². The first kappa shape index (κ1) is 14.7. The number of carbonyl (C=O) groups is 1. The standard InChI is InChI=1S/C10H20N2O2.ClH/c1-7(2)9(11)10(13)12-8-3-5-14-6-4-8;/h7-9H,3-6,11H2,1-2H3,(H,12,13);1H. The maximum atomic E-state index is 11.6. The normalized spacial score (nSPS) is 19.5. The number of hydrogen-bond acceptors (Lipinski definition) is 3. The highest BCUT2D eigenvalue weighted by Gasteiger charge is 2.21. The number of hydrogen-bond donors (Lipinski definition) is 2. The van der Waals surface area contributed by atoms with Gasteiger partial charge in [0.15, 0.2) is 0 Å². The van der Waals surface area contributed by atoms with Gasteiger partial charge in [-0.15, -0.1) is 12.4 Å². The fourth-order valence-electron chi connectivity index (χ4n) is 1.44. The van der Waals surface area contributed by atoms with Gasteiger partial charge in [-0.3, -0.25) is 4.79 Å². The molecule has 1 rings (SSSR count). The number of ether oxygens (including phenoxy) is 1. The molecule has 0 aliphatic carbocycles. The van der Waals surface area contributed by atoms with Gasteiger partial charge >= 0.3 is 0 Å². The number of halogens is 1. The Morgan fingerprint density at radius 1 is 1.40 bits per heavy atom. The third kappa shape index (κ3) is 4.82. The molecule has 1 atom stereocenters. The van der Waals surface area contributed by atoms with Gasteiger partial charge in [0.25, 0.3) is 0 Å². The molecular weight excluding hydrogens is 216 g/mol. The fraction of sp³-hybridized carbons (Fsp3) is 0.900. The van der Waals surface area contributed by atoms with Crippen LogP contribution >= 0.6 is 12.4 Å². The van der Waals surface area contributed by atoms with Gasteiger partial charge < -0.3 is 15.8 Å². The molecule has 0 spiro atoms. The van der Waals surface area contributed by atoms with E-state index in [0.29, 0.717) is 0 Å². The first-order chi connectivity index (χ1) is 6.61. The van der Waals surface area contributed by atoms with E-state index in [2.05, 4.69) is 5.32 Å². The molecule has 0 saturated carbocycles. The first-order valence-corrected chi connectivity index (χ1v) is 5.25. The van der Waals surface area contributed by atoms with Crippen LogP contribution in [0.15, 0.2) is 0 Å². The van der Waals surface area contributed by atoms with Crippen molar-refractivity contribution in [1.29, 1.82) is 0 Å². The Hall–Kier alpha value is -0.320. The monoisotopic (exact) mass is 236 g/mol. The van der Waals surface area contributed by atoms with Gasteiger partial charge in [-0.05, 0) is 18.8 Å². The maximum Gasteiger partial charge on any atom is 0.237 e. The van der Waals surface area contributed by atoms with E-state index in [-0.39, 0.29) is 30.3 Å².